The highest BCUT2D eigenvalue weighted by Gasteiger charge is 2.20. The van der Waals surface area contributed by atoms with Gasteiger partial charge in [-0.15, -0.1) is 11.6 Å². The zero-order valence-corrected chi connectivity index (χ0v) is 13.6. The van der Waals surface area contributed by atoms with Crippen molar-refractivity contribution in [3.8, 4) is 11.5 Å². The number of benzene rings is 2. The van der Waals surface area contributed by atoms with Crippen molar-refractivity contribution in [1.29, 1.82) is 0 Å². The molecule has 0 unspecified atom stereocenters. The molecular weight excluding hydrogens is 287 g/mol. The number of hydrogen-bond acceptors (Lipinski definition) is 1. The maximum absolute atomic E-state index is 13.3. The Hall–Kier alpha value is -1.54. The average Bonchev–Trinajstić information content (AvgIpc) is 2.39. The first-order chi connectivity index (χ1) is 9.81. The molecule has 1 nitrogen and oxygen atoms in total. The summed E-state index contributed by atoms with van der Waals surface area (Å²) in [7, 11) is 0. The van der Waals surface area contributed by atoms with Gasteiger partial charge in [0.25, 0.3) is 0 Å². The lowest BCUT2D eigenvalue weighted by Gasteiger charge is -2.23. The molecule has 0 bridgehead atoms. The number of aryl methyl sites for hydroxylation is 1. The van der Waals surface area contributed by atoms with E-state index in [0.717, 1.165) is 16.9 Å². The molecule has 0 aliphatic carbocycles. The molecule has 0 aliphatic heterocycles. The summed E-state index contributed by atoms with van der Waals surface area (Å²) in [5, 5.41) is 0. The number of alkyl halides is 1. The molecule has 0 N–H and O–H groups in total. The second-order valence-electron chi connectivity index (χ2n) is 6.24. The van der Waals surface area contributed by atoms with Crippen LogP contribution in [-0.2, 0) is 11.3 Å². The molecular formula is C18H20ClFO. The summed E-state index contributed by atoms with van der Waals surface area (Å²) in [6, 6.07) is 10.6. The fourth-order valence-electron chi connectivity index (χ4n) is 2.20. The summed E-state index contributed by atoms with van der Waals surface area (Å²) in [6.07, 6.45) is 0. The molecule has 0 fully saturated rings. The molecule has 2 aromatic carbocycles. The fourth-order valence-corrected chi connectivity index (χ4v) is 2.41. The molecule has 2 aromatic rings. The van der Waals surface area contributed by atoms with E-state index in [1.165, 1.54) is 12.1 Å². The number of ether oxygens (including phenoxy) is 1. The van der Waals surface area contributed by atoms with Gasteiger partial charge in [-0.2, -0.15) is 0 Å². The third-order valence-electron chi connectivity index (χ3n) is 3.33. The molecule has 0 saturated carbocycles. The van der Waals surface area contributed by atoms with Crippen LogP contribution in [-0.4, -0.2) is 0 Å². The topological polar surface area (TPSA) is 9.23 Å². The van der Waals surface area contributed by atoms with E-state index >= 15 is 0 Å². The summed E-state index contributed by atoms with van der Waals surface area (Å²) in [6.45, 7) is 8.43. The van der Waals surface area contributed by atoms with Crippen LogP contribution >= 0.6 is 11.6 Å². The Labute approximate surface area is 130 Å². The molecule has 0 aliphatic rings. The van der Waals surface area contributed by atoms with Crippen molar-refractivity contribution in [3.63, 3.8) is 0 Å². The van der Waals surface area contributed by atoms with E-state index in [-0.39, 0.29) is 17.1 Å². The van der Waals surface area contributed by atoms with Crippen LogP contribution in [0.15, 0.2) is 36.4 Å². The van der Waals surface area contributed by atoms with E-state index in [4.69, 9.17) is 16.3 Å². The molecule has 0 atom stereocenters. The summed E-state index contributed by atoms with van der Waals surface area (Å²) in [4.78, 5) is 0. The molecule has 2 rings (SSSR count). The van der Waals surface area contributed by atoms with E-state index in [9.17, 15) is 4.39 Å². The largest absolute Gasteiger partial charge is 0.457 e. The van der Waals surface area contributed by atoms with Gasteiger partial charge in [-0.3, -0.25) is 0 Å². The lowest BCUT2D eigenvalue weighted by Crippen LogP contribution is -2.12. The predicted molar refractivity (Wildman–Crippen MR) is 85.9 cm³/mol. The molecule has 0 heterocycles. The minimum atomic E-state index is -0.307. The van der Waals surface area contributed by atoms with Crippen LogP contribution < -0.4 is 4.74 Å². The molecule has 0 saturated heterocycles. The van der Waals surface area contributed by atoms with Crippen molar-refractivity contribution in [3.05, 3.63) is 58.9 Å². The van der Waals surface area contributed by atoms with Gasteiger partial charge in [0.15, 0.2) is 0 Å². The summed E-state index contributed by atoms with van der Waals surface area (Å²) < 4.78 is 19.3. The van der Waals surface area contributed by atoms with Crippen molar-refractivity contribution >= 4 is 11.6 Å². The first kappa shape index (κ1) is 15.8. The van der Waals surface area contributed by atoms with E-state index in [1.54, 1.807) is 6.07 Å². The molecule has 0 radical (unpaired) electrons. The Kier molecular flexibility index (Phi) is 4.58. The fraction of sp³-hybridized carbons (Fsp3) is 0.333. The van der Waals surface area contributed by atoms with Gasteiger partial charge < -0.3 is 4.74 Å². The predicted octanol–water partition coefficient (Wildman–Crippen LogP) is 5.96. The van der Waals surface area contributed by atoms with Gasteiger partial charge in [0.1, 0.15) is 17.3 Å². The molecule has 0 aromatic heterocycles. The van der Waals surface area contributed by atoms with Crippen LogP contribution in [0.3, 0.4) is 0 Å². The van der Waals surface area contributed by atoms with E-state index < -0.39 is 0 Å². The third kappa shape index (κ3) is 3.76. The molecule has 0 spiro atoms. The number of hydrogen-bond donors (Lipinski definition) is 0. The summed E-state index contributed by atoms with van der Waals surface area (Å²) in [5.41, 5.74) is 2.84. The van der Waals surface area contributed by atoms with Crippen LogP contribution in [0.25, 0.3) is 0 Å². The van der Waals surface area contributed by atoms with Gasteiger partial charge in [-0.25, -0.2) is 4.39 Å². The van der Waals surface area contributed by atoms with Crippen molar-refractivity contribution < 1.29 is 9.13 Å². The first-order valence-electron chi connectivity index (χ1n) is 6.94. The minimum Gasteiger partial charge on any atom is -0.457 e. The number of halogens is 2. The lowest BCUT2D eigenvalue weighted by atomic mass is 9.86. The monoisotopic (exact) mass is 306 g/mol. The van der Waals surface area contributed by atoms with Gasteiger partial charge in [0.05, 0.1) is 5.88 Å². The van der Waals surface area contributed by atoms with Gasteiger partial charge in [-0.05, 0) is 42.2 Å². The highest BCUT2D eigenvalue weighted by Crippen LogP contribution is 2.36. The highest BCUT2D eigenvalue weighted by molar-refractivity contribution is 6.17. The second kappa shape index (κ2) is 6.07. The van der Waals surface area contributed by atoms with Crippen LogP contribution in [0.1, 0.15) is 37.5 Å². The van der Waals surface area contributed by atoms with Crippen molar-refractivity contribution in [2.24, 2.45) is 0 Å². The maximum atomic E-state index is 13.3. The van der Waals surface area contributed by atoms with Crippen LogP contribution in [0.2, 0.25) is 0 Å². The van der Waals surface area contributed by atoms with Crippen LogP contribution in [0.5, 0.6) is 11.5 Å². The van der Waals surface area contributed by atoms with E-state index in [2.05, 4.69) is 32.9 Å². The standard InChI is InChI=1S/C18H20ClFO/c1-12-5-7-15(18(2,3)4)17(9-12)21-16-8-6-14(20)10-13(16)11-19/h5-10H,11H2,1-4H3. The van der Waals surface area contributed by atoms with Crippen LogP contribution in [0.4, 0.5) is 4.39 Å². The molecule has 112 valence electrons. The Morgan fingerprint density at radius 2 is 1.76 bits per heavy atom. The number of rotatable bonds is 3. The Bertz CT molecular complexity index is 644. The molecule has 3 heteroatoms. The van der Waals surface area contributed by atoms with Gasteiger partial charge in [0.2, 0.25) is 0 Å². The lowest BCUT2D eigenvalue weighted by molar-refractivity contribution is 0.450. The SMILES string of the molecule is Cc1ccc(C(C)(C)C)c(Oc2ccc(F)cc2CCl)c1. The Morgan fingerprint density at radius 3 is 2.38 bits per heavy atom. The second-order valence-corrected chi connectivity index (χ2v) is 6.50. The zero-order chi connectivity index (χ0) is 15.6. The van der Waals surface area contributed by atoms with Gasteiger partial charge in [0, 0.05) is 11.1 Å². The minimum absolute atomic E-state index is 0.0375. The first-order valence-corrected chi connectivity index (χ1v) is 7.48. The quantitative estimate of drug-likeness (QED) is 0.635. The zero-order valence-electron chi connectivity index (χ0n) is 12.8. The Morgan fingerprint density at radius 1 is 1.05 bits per heavy atom. The maximum Gasteiger partial charge on any atom is 0.132 e. The van der Waals surface area contributed by atoms with Crippen molar-refractivity contribution in [1.82, 2.24) is 0 Å². The third-order valence-corrected chi connectivity index (χ3v) is 3.62. The van der Waals surface area contributed by atoms with Crippen LogP contribution in [0, 0.1) is 12.7 Å². The van der Waals surface area contributed by atoms with E-state index in [0.29, 0.717) is 11.3 Å². The Balaban J connectivity index is 2.46. The van der Waals surface area contributed by atoms with E-state index in [1.807, 2.05) is 13.0 Å². The molecule has 0 amide bonds. The van der Waals surface area contributed by atoms with Crippen molar-refractivity contribution in [2.45, 2.75) is 39.0 Å². The van der Waals surface area contributed by atoms with Gasteiger partial charge >= 0.3 is 0 Å². The highest BCUT2D eigenvalue weighted by atomic mass is 35.5. The smallest absolute Gasteiger partial charge is 0.132 e. The summed E-state index contributed by atoms with van der Waals surface area (Å²) >= 11 is 5.88. The average molecular weight is 307 g/mol. The summed E-state index contributed by atoms with van der Waals surface area (Å²) in [5.74, 6) is 1.30. The normalized spacial score (nSPS) is 11.5. The van der Waals surface area contributed by atoms with Crippen molar-refractivity contribution in [2.75, 3.05) is 0 Å². The van der Waals surface area contributed by atoms with Gasteiger partial charge in [-0.1, -0.05) is 32.9 Å². The molecule has 21 heavy (non-hydrogen) atoms.